The van der Waals surface area contributed by atoms with Crippen molar-refractivity contribution in [3.63, 3.8) is 0 Å². The Kier molecular flexibility index (Phi) is 5.26. The second kappa shape index (κ2) is 7.16. The number of rotatable bonds is 6. The Morgan fingerprint density at radius 2 is 1.62 bits per heavy atom. The molecule has 2 nitrogen and oxygen atoms in total. The van der Waals surface area contributed by atoms with E-state index >= 15 is 0 Å². The zero-order valence-corrected chi connectivity index (χ0v) is 13.4. The molecule has 0 radical (unpaired) electrons. The molecule has 0 spiro atoms. The van der Waals surface area contributed by atoms with E-state index in [1.54, 1.807) is 0 Å². The highest BCUT2D eigenvalue weighted by molar-refractivity contribution is 5.48. The molecule has 0 heterocycles. The fourth-order valence-electron chi connectivity index (χ4n) is 2.28. The molecule has 1 atom stereocenters. The van der Waals surface area contributed by atoms with E-state index in [1.807, 2.05) is 12.1 Å². The summed E-state index contributed by atoms with van der Waals surface area (Å²) >= 11 is 0. The van der Waals surface area contributed by atoms with Gasteiger partial charge in [-0.15, -0.1) is 0 Å². The third kappa shape index (κ3) is 4.82. The second-order valence-electron chi connectivity index (χ2n) is 5.71. The molecule has 21 heavy (non-hydrogen) atoms. The van der Waals surface area contributed by atoms with Crippen molar-refractivity contribution in [3.05, 3.63) is 59.2 Å². The number of benzene rings is 2. The summed E-state index contributed by atoms with van der Waals surface area (Å²) < 4.78 is 5.79. The van der Waals surface area contributed by atoms with Gasteiger partial charge in [0.05, 0.1) is 6.10 Å². The molecule has 0 saturated heterocycles. The minimum atomic E-state index is 0.268. The summed E-state index contributed by atoms with van der Waals surface area (Å²) in [4.78, 5) is 0. The van der Waals surface area contributed by atoms with Crippen LogP contribution in [0.1, 0.15) is 37.0 Å². The fraction of sp³-hybridized carbons (Fsp3) is 0.368. The smallest absolute Gasteiger partial charge is 0.119 e. The highest BCUT2D eigenvalue weighted by atomic mass is 16.5. The summed E-state index contributed by atoms with van der Waals surface area (Å²) in [6.07, 6.45) is 1.29. The molecule has 1 unspecified atom stereocenters. The van der Waals surface area contributed by atoms with Crippen molar-refractivity contribution in [1.82, 2.24) is 0 Å². The Morgan fingerprint density at radius 3 is 2.19 bits per heavy atom. The molecule has 1 N–H and O–H groups in total. The summed E-state index contributed by atoms with van der Waals surface area (Å²) in [5.41, 5.74) is 5.00. The van der Waals surface area contributed by atoms with E-state index in [0.717, 1.165) is 18.7 Å². The van der Waals surface area contributed by atoms with Crippen LogP contribution in [0.25, 0.3) is 0 Å². The maximum absolute atomic E-state index is 5.79. The van der Waals surface area contributed by atoms with Gasteiger partial charge in [0.15, 0.2) is 0 Å². The first-order valence-corrected chi connectivity index (χ1v) is 7.64. The maximum atomic E-state index is 5.79. The lowest BCUT2D eigenvalue weighted by atomic mass is 10.1. The first-order valence-electron chi connectivity index (χ1n) is 7.64. The largest absolute Gasteiger partial charge is 0.491 e. The zero-order chi connectivity index (χ0) is 15.2. The average molecular weight is 283 g/mol. The Labute approximate surface area is 128 Å². The van der Waals surface area contributed by atoms with Crippen molar-refractivity contribution >= 4 is 5.69 Å². The number of hydrogen-bond acceptors (Lipinski definition) is 2. The van der Waals surface area contributed by atoms with Gasteiger partial charge in [-0.2, -0.15) is 0 Å². The molecule has 2 aromatic carbocycles. The number of aryl methyl sites for hydroxylation is 2. The van der Waals surface area contributed by atoms with E-state index in [4.69, 9.17) is 4.74 Å². The third-order valence-corrected chi connectivity index (χ3v) is 3.55. The van der Waals surface area contributed by atoms with Crippen LogP contribution in [-0.4, -0.2) is 6.10 Å². The van der Waals surface area contributed by atoms with Gasteiger partial charge in [-0.1, -0.05) is 25.1 Å². The predicted octanol–water partition coefficient (Wildman–Crippen LogP) is 5.09. The monoisotopic (exact) mass is 283 g/mol. The quantitative estimate of drug-likeness (QED) is 0.797. The highest BCUT2D eigenvalue weighted by Crippen LogP contribution is 2.17. The lowest BCUT2D eigenvalue weighted by Crippen LogP contribution is -2.09. The van der Waals surface area contributed by atoms with Crippen LogP contribution in [0.4, 0.5) is 5.69 Å². The molecule has 0 aliphatic heterocycles. The molecule has 0 aliphatic rings. The van der Waals surface area contributed by atoms with Crippen LogP contribution in [-0.2, 0) is 6.54 Å². The fourth-order valence-corrected chi connectivity index (χ4v) is 2.28. The van der Waals surface area contributed by atoms with Crippen molar-refractivity contribution in [2.45, 2.75) is 46.8 Å². The summed E-state index contributed by atoms with van der Waals surface area (Å²) in [5.74, 6) is 0.944. The molecule has 0 fully saturated rings. The Morgan fingerprint density at radius 1 is 1.00 bits per heavy atom. The van der Waals surface area contributed by atoms with E-state index in [-0.39, 0.29) is 6.10 Å². The van der Waals surface area contributed by atoms with Crippen LogP contribution in [0.5, 0.6) is 5.75 Å². The first kappa shape index (κ1) is 15.4. The molecular formula is C19H25NO. The molecule has 0 amide bonds. The van der Waals surface area contributed by atoms with Gasteiger partial charge in [0.1, 0.15) is 5.75 Å². The second-order valence-corrected chi connectivity index (χ2v) is 5.71. The van der Waals surface area contributed by atoms with Gasteiger partial charge in [-0.3, -0.25) is 0 Å². The van der Waals surface area contributed by atoms with Crippen LogP contribution in [0.15, 0.2) is 42.5 Å². The minimum Gasteiger partial charge on any atom is -0.491 e. The van der Waals surface area contributed by atoms with E-state index in [9.17, 15) is 0 Å². The van der Waals surface area contributed by atoms with Crippen LogP contribution in [0.3, 0.4) is 0 Å². The summed E-state index contributed by atoms with van der Waals surface area (Å²) in [6, 6.07) is 14.9. The maximum Gasteiger partial charge on any atom is 0.119 e. The molecule has 112 valence electrons. The molecular weight excluding hydrogens is 258 g/mol. The van der Waals surface area contributed by atoms with E-state index < -0.39 is 0 Å². The van der Waals surface area contributed by atoms with E-state index in [0.29, 0.717) is 0 Å². The number of ether oxygens (including phenoxy) is 1. The molecule has 2 rings (SSSR count). The van der Waals surface area contributed by atoms with Crippen molar-refractivity contribution in [3.8, 4) is 5.75 Å². The van der Waals surface area contributed by atoms with Gasteiger partial charge in [-0.25, -0.2) is 0 Å². The van der Waals surface area contributed by atoms with Gasteiger partial charge < -0.3 is 10.1 Å². The molecule has 2 heteroatoms. The van der Waals surface area contributed by atoms with E-state index in [2.05, 4.69) is 63.3 Å². The lowest BCUT2D eigenvalue weighted by Gasteiger charge is -2.13. The highest BCUT2D eigenvalue weighted by Gasteiger charge is 2.01. The van der Waals surface area contributed by atoms with Crippen LogP contribution in [0, 0.1) is 13.8 Å². The predicted molar refractivity (Wildman–Crippen MR) is 90.1 cm³/mol. The SMILES string of the molecule is CCC(C)Oc1ccc(CNc2cc(C)cc(C)c2)cc1. The number of hydrogen-bond donors (Lipinski definition) is 1. The topological polar surface area (TPSA) is 21.3 Å². The third-order valence-electron chi connectivity index (χ3n) is 3.55. The first-order chi connectivity index (χ1) is 10.1. The summed E-state index contributed by atoms with van der Waals surface area (Å²) in [5, 5.41) is 3.47. The van der Waals surface area contributed by atoms with Crippen LogP contribution >= 0.6 is 0 Å². The molecule has 0 aliphatic carbocycles. The number of anilines is 1. The molecule has 0 aromatic heterocycles. The summed E-state index contributed by atoms with van der Waals surface area (Å²) in [7, 11) is 0. The van der Waals surface area contributed by atoms with Crippen molar-refractivity contribution in [1.29, 1.82) is 0 Å². The van der Waals surface area contributed by atoms with Crippen molar-refractivity contribution in [2.75, 3.05) is 5.32 Å². The standard InChI is InChI=1S/C19H25NO/c1-5-16(4)21-19-8-6-17(7-9-19)13-20-18-11-14(2)10-15(3)12-18/h6-12,16,20H,5,13H2,1-4H3. The Hall–Kier alpha value is -1.96. The van der Waals surface area contributed by atoms with Crippen LogP contribution < -0.4 is 10.1 Å². The Bertz CT molecular complexity index is 554. The van der Waals surface area contributed by atoms with Crippen molar-refractivity contribution < 1.29 is 4.74 Å². The van der Waals surface area contributed by atoms with Gasteiger partial charge in [-0.05, 0) is 68.1 Å². The minimum absolute atomic E-state index is 0.268. The number of nitrogens with one attached hydrogen (secondary N) is 1. The van der Waals surface area contributed by atoms with Gasteiger partial charge >= 0.3 is 0 Å². The average Bonchev–Trinajstić information content (AvgIpc) is 2.45. The van der Waals surface area contributed by atoms with Gasteiger partial charge in [0.25, 0.3) is 0 Å². The zero-order valence-electron chi connectivity index (χ0n) is 13.4. The molecule has 0 saturated carbocycles. The summed E-state index contributed by atoms with van der Waals surface area (Å²) in [6.45, 7) is 9.30. The van der Waals surface area contributed by atoms with Crippen molar-refractivity contribution in [2.24, 2.45) is 0 Å². The molecule has 2 aromatic rings. The Balaban J connectivity index is 1.94. The normalized spacial score (nSPS) is 12.0. The van der Waals surface area contributed by atoms with Gasteiger partial charge in [0, 0.05) is 12.2 Å². The van der Waals surface area contributed by atoms with Gasteiger partial charge in [0.2, 0.25) is 0 Å². The molecule has 0 bridgehead atoms. The lowest BCUT2D eigenvalue weighted by molar-refractivity contribution is 0.217. The van der Waals surface area contributed by atoms with Crippen LogP contribution in [0.2, 0.25) is 0 Å². The van der Waals surface area contributed by atoms with E-state index in [1.165, 1.54) is 22.4 Å².